The van der Waals surface area contributed by atoms with E-state index < -0.39 is 23.5 Å². The van der Waals surface area contributed by atoms with Crippen LogP contribution < -0.4 is 9.47 Å². The molecule has 0 bridgehead atoms. The molecule has 1 atom stereocenters. The van der Waals surface area contributed by atoms with E-state index in [4.69, 9.17) is 37.1 Å². The van der Waals surface area contributed by atoms with Crippen LogP contribution >= 0.6 is 23.2 Å². The minimum Gasteiger partial charge on any atom is -0.507 e. The van der Waals surface area contributed by atoms with Crippen molar-refractivity contribution < 1.29 is 28.6 Å². The van der Waals surface area contributed by atoms with Crippen LogP contribution in [0.2, 0.25) is 10.0 Å². The van der Waals surface area contributed by atoms with E-state index in [2.05, 4.69) is 0 Å². The molecule has 1 aliphatic heterocycles. The van der Waals surface area contributed by atoms with Gasteiger partial charge in [0.1, 0.15) is 22.6 Å². The van der Waals surface area contributed by atoms with Gasteiger partial charge in [-0.05, 0) is 24.6 Å². The van der Waals surface area contributed by atoms with Crippen LogP contribution in [0.1, 0.15) is 37.1 Å². The van der Waals surface area contributed by atoms with Crippen LogP contribution in [0.3, 0.4) is 0 Å². The first-order chi connectivity index (χ1) is 14.4. The van der Waals surface area contributed by atoms with Crippen molar-refractivity contribution in [3.8, 4) is 11.5 Å². The molecule has 7 nitrogen and oxygen atoms in total. The summed E-state index contributed by atoms with van der Waals surface area (Å²) in [6.45, 7) is 2.31. The summed E-state index contributed by atoms with van der Waals surface area (Å²) in [5, 5.41) is 11.3. The lowest BCUT2D eigenvalue weighted by Crippen LogP contribution is -2.30. The average Bonchev–Trinajstić information content (AvgIpc) is 3.33. The van der Waals surface area contributed by atoms with Crippen molar-refractivity contribution in [1.29, 1.82) is 0 Å². The second-order valence-electron chi connectivity index (χ2n) is 6.65. The number of hydrogen-bond donors (Lipinski definition) is 1. The van der Waals surface area contributed by atoms with Crippen LogP contribution in [-0.2, 0) is 9.59 Å². The highest BCUT2D eigenvalue weighted by molar-refractivity contribution is 6.46. The third-order valence-corrected chi connectivity index (χ3v) is 5.52. The Kier molecular flexibility index (Phi) is 6.63. The van der Waals surface area contributed by atoms with Gasteiger partial charge in [0, 0.05) is 6.54 Å². The molecule has 1 amide bonds. The van der Waals surface area contributed by atoms with Gasteiger partial charge in [-0.1, -0.05) is 36.5 Å². The number of Topliss-reactive ketones (excluding diaryl/α,β-unsaturated/α-hetero) is 1. The molecule has 0 aliphatic carbocycles. The normalized spacial score (nSPS) is 18.2. The summed E-state index contributed by atoms with van der Waals surface area (Å²) >= 11 is 12.6. The number of ether oxygens (including phenoxy) is 2. The number of methoxy groups -OCH3 is 2. The summed E-state index contributed by atoms with van der Waals surface area (Å²) in [6, 6.07) is 3.79. The largest absolute Gasteiger partial charge is 0.507 e. The van der Waals surface area contributed by atoms with Crippen molar-refractivity contribution in [2.75, 3.05) is 20.8 Å². The molecule has 0 saturated carbocycles. The second-order valence-corrected chi connectivity index (χ2v) is 7.43. The van der Waals surface area contributed by atoms with E-state index >= 15 is 0 Å². The molecule has 1 fully saturated rings. The van der Waals surface area contributed by atoms with E-state index in [1.165, 1.54) is 31.4 Å². The Morgan fingerprint density at radius 3 is 2.50 bits per heavy atom. The minimum absolute atomic E-state index is 0.0313. The smallest absolute Gasteiger partial charge is 0.295 e. The Labute approximate surface area is 183 Å². The van der Waals surface area contributed by atoms with Crippen LogP contribution in [0, 0.1) is 0 Å². The Morgan fingerprint density at radius 1 is 1.23 bits per heavy atom. The molecule has 3 rings (SSSR count). The number of aliphatic hydroxyl groups excluding tert-OH is 1. The van der Waals surface area contributed by atoms with Gasteiger partial charge in [0.15, 0.2) is 11.5 Å². The fraction of sp³-hybridized carbons (Fsp3) is 0.333. The van der Waals surface area contributed by atoms with Crippen LogP contribution in [-0.4, -0.2) is 42.5 Å². The molecule has 1 unspecified atom stereocenters. The Hall–Kier alpha value is -2.64. The van der Waals surface area contributed by atoms with Crippen molar-refractivity contribution in [3.63, 3.8) is 0 Å². The quantitative estimate of drug-likeness (QED) is 0.367. The van der Waals surface area contributed by atoms with Gasteiger partial charge in [-0.25, -0.2) is 0 Å². The minimum atomic E-state index is -0.879. The number of halogens is 2. The van der Waals surface area contributed by atoms with E-state index in [0.717, 1.165) is 6.42 Å². The lowest BCUT2D eigenvalue weighted by Gasteiger charge is -2.23. The molecule has 1 aromatic heterocycles. The number of rotatable bonds is 7. The van der Waals surface area contributed by atoms with Gasteiger partial charge in [-0.3, -0.25) is 9.59 Å². The molecular formula is C21H21Cl2NO6. The van der Waals surface area contributed by atoms with Gasteiger partial charge < -0.3 is 23.9 Å². The topological polar surface area (TPSA) is 89.2 Å². The Balaban J connectivity index is 2.25. The van der Waals surface area contributed by atoms with E-state index in [1.807, 2.05) is 6.92 Å². The first kappa shape index (κ1) is 22.1. The highest BCUT2D eigenvalue weighted by atomic mass is 35.5. The number of hydrogen-bond acceptors (Lipinski definition) is 6. The van der Waals surface area contributed by atoms with E-state index in [1.54, 1.807) is 12.1 Å². The van der Waals surface area contributed by atoms with Gasteiger partial charge in [0.25, 0.3) is 11.7 Å². The van der Waals surface area contributed by atoms with Crippen molar-refractivity contribution in [3.05, 3.63) is 51.4 Å². The van der Waals surface area contributed by atoms with Crippen LogP contribution in [0.5, 0.6) is 11.5 Å². The maximum atomic E-state index is 12.9. The average molecular weight is 454 g/mol. The van der Waals surface area contributed by atoms with E-state index in [9.17, 15) is 14.7 Å². The highest BCUT2D eigenvalue weighted by Gasteiger charge is 2.47. The third-order valence-electron chi connectivity index (χ3n) is 4.90. The maximum Gasteiger partial charge on any atom is 0.295 e. The summed E-state index contributed by atoms with van der Waals surface area (Å²) in [5.74, 6) is -1.41. The lowest BCUT2D eigenvalue weighted by molar-refractivity contribution is -0.140. The number of ketones is 1. The second kappa shape index (κ2) is 9.02. The zero-order valence-electron chi connectivity index (χ0n) is 16.7. The van der Waals surface area contributed by atoms with Crippen LogP contribution in [0.15, 0.2) is 34.5 Å². The molecule has 160 valence electrons. The number of furan rings is 1. The van der Waals surface area contributed by atoms with E-state index in [-0.39, 0.29) is 32.7 Å². The predicted octanol–water partition coefficient (Wildman–Crippen LogP) is 4.83. The Bertz CT molecular complexity index is 999. The van der Waals surface area contributed by atoms with Gasteiger partial charge >= 0.3 is 0 Å². The number of benzene rings is 1. The lowest BCUT2D eigenvalue weighted by atomic mass is 9.98. The molecule has 2 heterocycles. The monoisotopic (exact) mass is 453 g/mol. The van der Waals surface area contributed by atoms with E-state index in [0.29, 0.717) is 18.7 Å². The predicted molar refractivity (Wildman–Crippen MR) is 112 cm³/mol. The van der Waals surface area contributed by atoms with Gasteiger partial charge in [0.05, 0.1) is 36.6 Å². The molecule has 1 saturated heterocycles. The third kappa shape index (κ3) is 3.63. The first-order valence-electron chi connectivity index (χ1n) is 9.29. The number of carbonyl (C=O) groups is 2. The summed E-state index contributed by atoms with van der Waals surface area (Å²) in [6.07, 6.45) is 2.95. The standard InChI is InChI=1S/C21H21Cl2NO6/c1-4-5-8-24-16(13-7-6-9-30-13)14(18(26)21(24)27)17(25)11-10-12(22)20(29-3)15(23)19(11)28-2/h6-7,9-10,16,25H,4-5,8H2,1-3H3/b17-14-. The number of amides is 1. The molecule has 1 aliphatic rings. The molecule has 9 heteroatoms. The van der Waals surface area contributed by atoms with Crippen molar-refractivity contribution >= 4 is 40.7 Å². The SMILES string of the molecule is CCCCN1C(=O)C(=O)/C(=C(\O)c2cc(Cl)c(OC)c(Cl)c2OC)C1c1ccco1. The first-order valence-corrected chi connectivity index (χ1v) is 10.0. The van der Waals surface area contributed by atoms with Crippen molar-refractivity contribution in [2.24, 2.45) is 0 Å². The van der Waals surface area contributed by atoms with Gasteiger partial charge in [-0.15, -0.1) is 0 Å². The number of likely N-dealkylation sites (tertiary alicyclic amines) is 1. The summed E-state index contributed by atoms with van der Waals surface area (Å²) in [5.41, 5.74) is -0.0556. The Morgan fingerprint density at radius 2 is 1.93 bits per heavy atom. The highest BCUT2D eigenvalue weighted by Crippen LogP contribution is 2.47. The van der Waals surface area contributed by atoms with Gasteiger partial charge in [-0.2, -0.15) is 0 Å². The van der Waals surface area contributed by atoms with Crippen molar-refractivity contribution in [2.45, 2.75) is 25.8 Å². The zero-order chi connectivity index (χ0) is 22.0. The molecule has 30 heavy (non-hydrogen) atoms. The molecule has 1 aromatic carbocycles. The summed E-state index contributed by atoms with van der Waals surface area (Å²) in [4.78, 5) is 27.0. The molecule has 1 N–H and O–H groups in total. The molecule has 0 radical (unpaired) electrons. The summed E-state index contributed by atoms with van der Waals surface area (Å²) < 4.78 is 16.0. The number of aliphatic hydroxyl groups is 1. The maximum absolute atomic E-state index is 12.9. The fourth-order valence-corrected chi connectivity index (χ4v) is 4.16. The number of carbonyl (C=O) groups excluding carboxylic acids is 2. The fourth-order valence-electron chi connectivity index (χ4n) is 3.47. The molecular weight excluding hydrogens is 433 g/mol. The van der Waals surface area contributed by atoms with Crippen LogP contribution in [0.25, 0.3) is 5.76 Å². The molecule has 0 spiro atoms. The zero-order valence-corrected chi connectivity index (χ0v) is 18.2. The van der Waals surface area contributed by atoms with Crippen molar-refractivity contribution in [1.82, 2.24) is 4.90 Å². The number of nitrogens with zero attached hydrogens (tertiary/aromatic N) is 1. The number of unbranched alkanes of at least 4 members (excludes halogenated alkanes) is 1. The molecule has 2 aromatic rings. The van der Waals surface area contributed by atoms with Crippen LogP contribution in [0.4, 0.5) is 0 Å². The summed E-state index contributed by atoms with van der Waals surface area (Å²) in [7, 11) is 2.75. The van der Waals surface area contributed by atoms with Gasteiger partial charge in [0.2, 0.25) is 0 Å².